The Kier molecular flexibility index (Phi) is 5.98. The molecule has 126 valence electrons. The molecule has 0 aromatic heterocycles. The Hall–Kier alpha value is -2.08. The second-order valence-corrected chi connectivity index (χ2v) is 6.14. The highest BCUT2D eigenvalue weighted by atomic mass is 16.3. The first-order valence-corrected chi connectivity index (χ1v) is 8.08. The van der Waals surface area contributed by atoms with Gasteiger partial charge in [0.15, 0.2) is 0 Å². The van der Waals surface area contributed by atoms with Crippen LogP contribution in [-0.2, 0) is 11.3 Å². The third-order valence-corrected chi connectivity index (χ3v) is 4.10. The lowest BCUT2D eigenvalue weighted by atomic mass is 9.96. The zero-order chi connectivity index (χ0) is 16.7. The Bertz CT molecular complexity index is 525. The van der Waals surface area contributed by atoms with Crippen LogP contribution in [0.25, 0.3) is 0 Å². The first-order valence-electron chi connectivity index (χ1n) is 8.08. The largest absolute Gasteiger partial charge is 0.392 e. The number of amides is 3. The Morgan fingerprint density at radius 3 is 2.43 bits per heavy atom. The van der Waals surface area contributed by atoms with Gasteiger partial charge in [0, 0.05) is 13.1 Å². The standard InChI is InChI=1S/C17H25N3O3/c1-13(21)11-18-15(22)17(9-5-6-10-17)20-16(23)19-12-14-7-3-2-4-8-14/h2-4,7-8,13,21H,5-6,9-12H2,1H3,(H,18,22)(H2,19,20,23). The topological polar surface area (TPSA) is 90.5 Å². The number of carbonyl (C=O) groups is 2. The Morgan fingerprint density at radius 1 is 1.17 bits per heavy atom. The van der Waals surface area contributed by atoms with E-state index in [-0.39, 0.29) is 18.5 Å². The quantitative estimate of drug-likeness (QED) is 0.637. The maximum atomic E-state index is 12.4. The third kappa shape index (κ3) is 4.96. The molecule has 1 aliphatic rings. The van der Waals surface area contributed by atoms with Gasteiger partial charge in [-0.25, -0.2) is 4.79 Å². The summed E-state index contributed by atoms with van der Waals surface area (Å²) in [7, 11) is 0. The van der Waals surface area contributed by atoms with Crippen LogP contribution in [0.4, 0.5) is 4.79 Å². The fraction of sp³-hybridized carbons (Fsp3) is 0.529. The molecule has 1 unspecified atom stereocenters. The number of aliphatic hydroxyl groups is 1. The number of carbonyl (C=O) groups excluding carboxylic acids is 2. The van der Waals surface area contributed by atoms with Gasteiger partial charge >= 0.3 is 6.03 Å². The van der Waals surface area contributed by atoms with Gasteiger partial charge in [0.05, 0.1) is 6.10 Å². The molecule has 1 aromatic carbocycles. The van der Waals surface area contributed by atoms with Crippen molar-refractivity contribution in [1.82, 2.24) is 16.0 Å². The van der Waals surface area contributed by atoms with Crippen LogP contribution in [0.2, 0.25) is 0 Å². The van der Waals surface area contributed by atoms with E-state index in [2.05, 4.69) is 16.0 Å². The molecule has 0 saturated heterocycles. The van der Waals surface area contributed by atoms with E-state index in [1.165, 1.54) is 0 Å². The van der Waals surface area contributed by atoms with Crippen LogP contribution in [0.15, 0.2) is 30.3 Å². The summed E-state index contributed by atoms with van der Waals surface area (Å²) < 4.78 is 0. The average molecular weight is 319 g/mol. The molecule has 6 nitrogen and oxygen atoms in total. The number of nitrogens with one attached hydrogen (secondary N) is 3. The number of hydrogen-bond acceptors (Lipinski definition) is 3. The number of urea groups is 1. The summed E-state index contributed by atoms with van der Waals surface area (Å²) in [6, 6.07) is 9.27. The minimum atomic E-state index is -0.865. The maximum Gasteiger partial charge on any atom is 0.315 e. The van der Waals surface area contributed by atoms with Crippen LogP contribution in [0, 0.1) is 0 Å². The maximum absolute atomic E-state index is 12.4. The molecule has 3 amide bonds. The average Bonchev–Trinajstić information content (AvgIpc) is 3.01. The van der Waals surface area contributed by atoms with Crippen LogP contribution in [-0.4, -0.2) is 35.2 Å². The van der Waals surface area contributed by atoms with Crippen molar-refractivity contribution < 1.29 is 14.7 Å². The van der Waals surface area contributed by atoms with Crippen LogP contribution in [0.5, 0.6) is 0 Å². The molecular weight excluding hydrogens is 294 g/mol. The fourth-order valence-corrected chi connectivity index (χ4v) is 2.84. The zero-order valence-corrected chi connectivity index (χ0v) is 13.5. The lowest BCUT2D eigenvalue weighted by Gasteiger charge is -2.29. The number of aliphatic hydroxyl groups excluding tert-OH is 1. The van der Waals surface area contributed by atoms with Crippen molar-refractivity contribution in [3.8, 4) is 0 Å². The van der Waals surface area contributed by atoms with Gasteiger partial charge in [-0.2, -0.15) is 0 Å². The lowest BCUT2D eigenvalue weighted by Crippen LogP contribution is -2.59. The van der Waals surface area contributed by atoms with Gasteiger partial charge < -0.3 is 21.1 Å². The normalized spacial score (nSPS) is 17.3. The first kappa shape index (κ1) is 17.3. The van der Waals surface area contributed by atoms with E-state index in [1.54, 1.807) is 6.92 Å². The van der Waals surface area contributed by atoms with Gasteiger partial charge in [-0.15, -0.1) is 0 Å². The van der Waals surface area contributed by atoms with Gasteiger partial charge in [0.1, 0.15) is 5.54 Å². The summed E-state index contributed by atoms with van der Waals surface area (Å²) in [6.45, 7) is 2.22. The van der Waals surface area contributed by atoms with Crippen molar-refractivity contribution in [2.75, 3.05) is 6.54 Å². The molecule has 23 heavy (non-hydrogen) atoms. The monoisotopic (exact) mass is 319 g/mol. The number of benzene rings is 1. The van der Waals surface area contributed by atoms with Crippen LogP contribution in [0.3, 0.4) is 0 Å². The summed E-state index contributed by atoms with van der Waals surface area (Å²) in [5, 5.41) is 17.7. The molecule has 1 saturated carbocycles. The smallest absolute Gasteiger partial charge is 0.315 e. The van der Waals surface area contributed by atoms with E-state index in [4.69, 9.17) is 0 Å². The minimum absolute atomic E-state index is 0.188. The number of hydrogen-bond donors (Lipinski definition) is 4. The molecule has 0 aliphatic heterocycles. The van der Waals surface area contributed by atoms with Gasteiger partial charge in [-0.05, 0) is 25.3 Å². The summed E-state index contributed by atoms with van der Waals surface area (Å²) in [5.74, 6) is -0.217. The van der Waals surface area contributed by atoms with Gasteiger partial charge in [-0.3, -0.25) is 4.79 Å². The summed E-state index contributed by atoms with van der Waals surface area (Å²) in [5.41, 5.74) is 0.136. The van der Waals surface area contributed by atoms with Crippen molar-refractivity contribution in [3.05, 3.63) is 35.9 Å². The van der Waals surface area contributed by atoms with Gasteiger partial charge in [0.2, 0.25) is 5.91 Å². The van der Waals surface area contributed by atoms with Gasteiger partial charge in [-0.1, -0.05) is 43.2 Å². The predicted molar refractivity (Wildman–Crippen MR) is 87.7 cm³/mol. The Morgan fingerprint density at radius 2 is 1.83 bits per heavy atom. The number of rotatable bonds is 6. The van der Waals surface area contributed by atoms with E-state index >= 15 is 0 Å². The molecule has 2 rings (SSSR count). The zero-order valence-electron chi connectivity index (χ0n) is 13.5. The molecule has 0 heterocycles. The highest BCUT2D eigenvalue weighted by Crippen LogP contribution is 2.29. The predicted octanol–water partition coefficient (Wildman–Crippen LogP) is 1.30. The lowest BCUT2D eigenvalue weighted by molar-refractivity contribution is -0.127. The summed E-state index contributed by atoms with van der Waals surface area (Å²) in [4.78, 5) is 24.6. The van der Waals surface area contributed by atoms with Crippen LogP contribution >= 0.6 is 0 Å². The molecule has 0 radical (unpaired) electrons. The first-order chi connectivity index (χ1) is 11.0. The highest BCUT2D eigenvalue weighted by Gasteiger charge is 2.42. The molecule has 0 spiro atoms. The van der Waals surface area contributed by atoms with Crippen molar-refractivity contribution in [3.63, 3.8) is 0 Å². The molecule has 6 heteroatoms. The Balaban J connectivity index is 1.90. The minimum Gasteiger partial charge on any atom is -0.392 e. The second kappa shape index (κ2) is 7.97. The highest BCUT2D eigenvalue weighted by molar-refractivity contribution is 5.91. The molecular formula is C17H25N3O3. The van der Waals surface area contributed by atoms with Crippen molar-refractivity contribution in [2.24, 2.45) is 0 Å². The molecule has 1 aliphatic carbocycles. The molecule has 1 atom stereocenters. The molecule has 1 fully saturated rings. The molecule has 0 bridgehead atoms. The van der Waals surface area contributed by atoms with Gasteiger partial charge in [0.25, 0.3) is 0 Å². The third-order valence-electron chi connectivity index (χ3n) is 4.10. The SMILES string of the molecule is CC(O)CNC(=O)C1(NC(=O)NCc2ccccc2)CCCC1. The van der Waals surface area contributed by atoms with Crippen molar-refractivity contribution in [1.29, 1.82) is 0 Å². The van der Waals surface area contributed by atoms with E-state index < -0.39 is 11.6 Å². The van der Waals surface area contributed by atoms with Crippen molar-refractivity contribution >= 4 is 11.9 Å². The summed E-state index contributed by atoms with van der Waals surface area (Å²) >= 11 is 0. The van der Waals surface area contributed by atoms with E-state index in [0.717, 1.165) is 18.4 Å². The molecule has 1 aromatic rings. The van der Waals surface area contributed by atoms with E-state index in [0.29, 0.717) is 19.4 Å². The molecule has 4 N–H and O–H groups in total. The Labute approximate surface area is 136 Å². The van der Waals surface area contributed by atoms with Crippen LogP contribution in [0.1, 0.15) is 38.2 Å². The van der Waals surface area contributed by atoms with Crippen molar-refractivity contribution in [2.45, 2.75) is 50.8 Å². The fourth-order valence-electron chi connectivity index (χ4n) is 2.84. The van der Waals surface area contributed by atoms with E-state index in [9.17, 15) is 14.7 Å². The summed E-state index contributed by atoms with van der Waals surface area (Å²) in [6.07, 6.45) is 2.45. The van der Waals surface area contributed by atoms with E-state index in [1.807, 2.05) is 30.3 Å². The van der Waals surface area contributed by atoms with Crippen LogP contribution < -0.4 is 16.0 Å². The second-order valence-electron chi connectivity index (χ2n) is 6.14.